The molecule has 1 atom stereocenters. The maximum Gasteiger partial charge on any atom is 0.193 e. The van der Waals surface area contributed by atoms with Crippen molar-refractivity contribution in [3.63, 3.8) is 0 Å². The van der Waals surface area contributed by atoms with Gasteiger partial charge in [0.25, 0.3) is 0 Å². The summed E-state index contributed by atoms with van der Waals surface area (Å²) in [6.45, 7) is 6.37. The monoisotopic (exact) mass is 346 g/mol. The predicted molar refractivity (Wildman–Crippen MR) is 100 cm³/mol. The lowest BCUT2D eigenvalue weighted by atomic mass is 10.1. The molecular formula is C19H30N4O2. The van der Waals surface area contributed by atoms with Gasteiger partial charge < -0.3 is 25.0 Å². The van der Waals surface area contributed by atoms with Crippen LogP contribution < -0.4 is 10.1 Å². The Bertz CT molecular complexity index is 599. The smallest absolute Gasteiger partial charge is 0.193 e. The summed E-state index contributed by atoms with van der Waals surface area (Å²) in [5.41, 5.74) is 0.813. The minimum absolute atomic E-state index is 0.275. The van der Waals surface area contributed by atoms with Crippen molar-refractivity contribution in [1.29, 1.82) is 0 Å². The summed E-state index contributed by atoms with van der Waals surface area (Å²) >= 11 is 0. The Kier molecular flexibility index (Phi) is 6.02. The van der Waals surface area contributed by atoms with Crippen LogP contribution in [0, 0.1) is 5.92 Å². The van der Waals surface area contributed by atoms with Gasteiger partial charge in [-0.1, -0.05) is 0 Å². The molecule has 1 aromatic rings. The van der Waals surface area contributed by atoms with Crippen LogP contribution in [-0.4, -0.2) is 67.7 Å². The molecule has 2 fully saturated rings. The number of hydrogen-bond donors (Lipinski definition) is 2. The molecule has 25 heavy (non-hydrogen) atoms. The first-order chi connectivity index (χ1) is 12.2. The van der Waals surface area contributed by atoms with Gasteiger partial charge in [-0.25, -0.2) is 0 Å². The number of aromatic hydroxyl groups is 1. The second-order valence-corrected chi connectivity index (χ2v) is 7.00. The van der Waals surface area contributed by atoms with E-state index in [0.29, 0.717) is 6.54 Å². The third-order valence-electron chi connectivity index (χ3n) is 5.24. The third kappa shape index (κ3) is 4.57. The van der Waals surface area contributed by atoms with Crippen LogP contribution in [0.1, 0.15) is 24.8 Å². The van der Waals surface area contributed by atoms with Gasteiger partial charge in [0.2, 0.25) is 0 Å². The summed E-state index contributed by atoms with van der Waals surface area (Å²) < 4.78 is 5.24. The minimum atomic E-state index is 0.275. The van der Waals surface area contributed by atoms with E-state index in [1.807, 2.05) is 13.1 Å². The van der Waals surface area contributed by atoms with Gasteiger partial charge in [-0.2, -0.15) is 0 Å². The highest BCUT2D eigenvalue weighted by Gasteiger charge is 2.27. The number of rotatable bonds is 5. The third-order valence-corrected chi connectivity index (χ3v) is 5.24. The summed E-state index contributed by atoms with van der Waals surface area (Å²) in [5.74, 6) is 2.65. The Hall–Kier alpha value is -1.95. The van der Waals surface area contributed by atoms with Crippen LogP contribution in [-0.2, 0) is 6.54 Å². The second kappa shape index (κ2) is 8.43. The number of phenolic OH excluding ortho intramolecular Hbond substituents is 1. The van der Waals surface area contributed by atoms with Gasteiger partial charge in [0.05, 0.1) is 7.11 Å². The van der Waals surface area contributed by atoms with E-state index in [1.54, 1.807) is 19.2 Å². The number of phenols is 1. The first-order valence-electron chi connectivity index (χ1n) is 9.23. The molecule has 0 spiro atoms. The van der Waals surface area contributed by atoms with Gasteiger partial charge in [0, 0.05) is 38.8 Å². The van der Waals surface area contributed by atoms with Crippen LogP contribution in [0.15, 0.2) is 23.2 Å². The molecule has 0 saturated carbocycles. The molecule has 2 aliphatic heterocycles. The number of aliphatic imine (C=N–C) groups is 1. The number of benzene rings is 1. The zero-order valence-electron chi connectivity index (χ0n) is 15.4. The highest BCUT2D eigenvalue weighted by Crippen LogP contribution is 2.23. The standard InChI is InChI=1S/C19H30N4O2/c1-20-19(21-12-16-11-17(25-2)5-6-18(16)24)23-10-7-15(14-23)13-22-8-3-4-9-22/h5-6,11,15,24H,3-4,7-10,12-14H2,1-2H3,(H,20,21). The number of ether oxygens (including phenoxy) is 1. The van der Waals surface area contributed by atoms with Gasteiger partial charge in [-0.15, -0.1) is 0 Å². The molecule has 1 unspecified atom stereocenters. The molecule has 0 amide bonds. The Morgan fingerprint density at radius 3 is 2.84 bits per heavy atom. The van der Waals surface area contributed by atoms with Crippen molar-refractivity contribution in [3.05, 3.63) is 23.8 Å². The second-order valence-electron chi connectivity index (χ2n) is 7.00. The molecular weight excluding hydrogens is 316 g/mol. The lowest BCUT2D eigenvalue weighted by Gasteiger charge is -2.23. The molecule has 2 heterocycles. The van der Waals surface area contributed by atoms with E-state index in [0.717, 1.165) is 36.3 Å². The molecule has 0 radical (unpaired) electrons. The average Bonchev–Trinajstić information content (AvgIpc) is 3.30. The highest BCUT2D eigenvalue weighted by molar-refractivity contribution is 5.80. The van der Waals surface area contributed by atoms with Crippen LogP contribution in [0.4, 0.5) is 0 Å². The van der Waals surface area contributed by atoms with E-state index in [-0.39, 0.29) is 5.75 Å². The number of methoxy groups -OCH3 is 1. The van der Waals surface area contributed by atoms with Crippen molar-refractivity contribution in [3.8, 4) is 11.5 Å². The van der Waals surface area contributed by atoms with E-state index in [1.165, 1.54) is 38.9 Å². The lowest BCUT2D eigenvalue weighted by molar-refractivity contribution is 0.281. The molecule has 1 aromatic carbocycles. The van der Waals surface area contributed by atoms with Gasteiger partial charge in [-0.3, -0.25) is 4.99 Å². The molecule has 0 aromatic heterocycles. The molecule has 2 aliphatic rings. The first-order valence-corrected chi connectivity index (χ1v) is 9.23. The molecule has 138 valence electrons. The highest BCUT2D eigenvalue weighted by atomic mass is 16.5. The van der Waals surface area contributed by atoms with Crippen LogP contribution in [0.25, 0.3) is 0 Å². The molecule has 2 N–H and O–H groups in total. The summed E-state index contributed by atoms with van der Waals surface area (Å²) in [4.78, 5) is 9.36. The van der Waals surface area contributed by atoms with Crippen LogP contribution in [0.2, 0.25) is 0 Å². The van der Waals surface area contributed by atoms with Crippen LogP contribution in [0.5, 0.6) is 11.5 Å². The van der Waals surface area contributed by atoms with Gasteiger partial charge in [-0.05, 0) is 56.5 Å². The van der Waals surface area contributed by atoms with Crippen LogP contribution >= 0.6 is 0 Å². The van der Waals surface area contributed by atoms with E-state index in [2.05, 4.69) is 20.1 Å². The largest absolute Gasteiger partial charge is 0.508 e. The molecule has 0 aliphatic carbocycles. The van der Waals surface area contributed by atoms with Crippen molar-refractivity contribution >= 4 is 5.96 Å². The predicted octanol–water partition coefficient (Wildman–Crippen LogP) is 1.89. The summed E-state index contributed by atoms with van der Waals surface area (Å²) in [6, 6.07) is 5.29. The van der Waals surface area contributed by atoms with Crippen molar-refractivity contribution in [2.24, 2.45) is 10.9 Å². The molecule has 0 bridgehead atoms. The summed E-state index contributed by atoms with van der Waals surface area (Å²) in [7, 11) is 3.45. The van der Waals surface area contributed by atoms with Gasteiger partial charge in [0.15, 0.2) is 5.96 Å². The normalized spacial score (nSPS) is 21.8. The molecule has 6 heteroatoms. The Morgan fingerprint density at radius 1 is 1.32 bits per heavy atom. The number of likely N-dealkylation sites (tertiary alicyclic amines) is 2. The Balaban J connectivity index is 1.53. The Labute approximate surface area is 150 Å². The zero-order chi connectivity index (χ0) is 17.6. The maximum atomic E-state index is 10.0. The van der Waals surface area contributed by atoms with E-state index < -0.39 is 0 Å². The quantitative estimate of drug-likeness (QED) is 0.630. The van der Waals surface area contributed by atoms with Gasteiger partial charge in [0.1, 0.15) is 11.5 Å². The van der Waals surface area contributed by atoms with Crippen molar-refractivity contribution < 1.29 is 9.84 Å². The first kappa shape index (κ1) is 17.9. The number of nitrogens with one attached hydrogen (secondary N) is 1. The SMILES string of the molecule is CN=C(NCc1cc(OC)ccc1O)N1CCC(CN2CCCC2)C1. The Morgan fingerprint density at radius 2 is 2.12 bits per heavy atom. The lowest BCUT2D eigenvalue weighted by Crippen LogP contribution is -2.40. The summed E-state index contributed by atoms with van der Waals surface area (Å²) in [6.07, 6.45) is 3.93. The van der Waals surface area contributed by atoms with Crippen molar-refractivity contribution in [2.75, 3.05) is 46.9 Å². The minimum Gasteiger partial charge on any atom is -0.508 e. The number of nitrogens with zero attached hydrogens (tertiary/aromatic N) is 3. The van der Waals surface area contributed by atoms with Crippen molar-refractivity contribution in [2.45, 2.75) is 25.8 Å². The number of guanidine groups is 1. The van der Waals surface area contributed by atoms with Crippen molar-refractivity contribution in [1.82, 2.24) is 15.1 Å². The van der Waals surface area contributed by atoms with E-state index in [4.69, 9.17) is 4.74 Å². The van der Waals surface area contributed by atoms with Crippen LogP contribution in [0.3, 0.4) is 0 Å². The van der Waals surface area contributed by atoms with Gasteiger partial charge >= 0.3 is 0 Å². The maximum absolute atomic E-state index is 10.0. The molecule has 2 saturated heterocycles. The molecule has 6 nitrogen and oxygen atoms in total. The fourth-order valence-electron chi connectivity index (χ4n) is 3.84. The number of hydrogen-bond acceptors (Lipinski definition) is 4. The topological polar surface area (TPSA) is 60.3 Å². The van der Waals surface area contributed by atoms with E-state index >= 15 is 0 Å². The zero-order valence-corrected chi connectivity index (χ0v) is 15.4. The van der Waals surface area contributed by atoms with E-state index in [9.17, 15) is 5.11 Å². The summed E-state index contributed by atoms with van der Waals surface area (Å²) in [5, 5.41) is 13.4. The average molecular weight is 346 g/mol. The molecule has 3 rings (SSSR count). The fraction of sp³-hybridized carbons (Fsp3) is 0.632. The fourth-order valence-corrected chi connectivity index (χ4v) is 3.84.